The summed E-state index contributed by atoms with van der Waals surface area (Å²) in [7, 11) is 0. The molecule has 0 aromatic heterocycles. The Kier molecular flexibility index (Phi) is 6.95. The van der Waals surface area contributed by atoms with Gasteiger partial charge in [-0.3, -0.25) is 4.79 Å². The Labute approximate surface area is 200 Å². The van der Waals surface area contributed by atoms with Crippen molar-refractivity contribution in [2.24, 2.45) is 0 Å². The molecule has 1 N–H and O–H groups in total. The van der Waals surface area contributed by atoms with Crippen LogP contribution in [-0.4, -0.2) is 22.2 Å². The number of nitrogens with zero attached hydrogens (tertiary/aromatic N) is 1. The maximum absolute atomic E-state index is 13.9. The average molecular weight is 465 g/mol. The molecule has 0 aliphatic heterocycles. The smallest absolute Gasteiger partial charge is 0.408 e. The lowest BCUT2D eigenvalue weighted by Gasteiger charge is -2.41. The normalized spacial score (nSPS) is 19.2. The topological polar surface area (TPSA) is 79.2 Å². The second-order valence-electron chi connectivity index (χ2n) is 10.5. The molecule has 0 radical (unpaired) electrons. The van der Waals surface area contributed by atoms with Crippen molar-refractivity contribution < 1.29 is 14.3 Å². The Morgan fingerprint density at radius 3 is 2.30 bits per heavy atom. The Morgan fingerprint density at radius 1 is 1.09 bits per heavy atom. The molecule has 0 fully saturated rings. The van der Waals surface area contributed by atoms with Gasteiger partial charge in [0.1, 0.15) is 15.7 Å². The summed E-state index contributed by atoms with van der Waals surface area (Å²) in [4.78, 5) is 26.7. The third kappa shape index (κ3) is 5.42. The van der Waals surface area contributed by atoms with Gasteiger partial charge in [0.15, 0.2) is 5.78 Å². The van der Waals surface area contributed by atoms with Gasteiger partial charge in [-0.2, -0.15) is 5.26 Å². The van der Waals surface area contributed by atoms with E-state index in [0.717, 1.165) is 28.5 Å². The van der Waals surface area contributed by atoms with Crippen LogP contribution in [0.3, 0.4) is 0 Å². The molecule has 0 saturated carbocycles. The van der Waals surface area contributed by atoms with Gasteiger partial charge in [-0.1, -0.05) is 69.3 Å². The maximum atomic E-state index is 13.9. The van der Waals surface area contributed by atoms with Crippen molar-refractivity contribution >= 4 is 23.6 Å². The van der Waals surface area contributed by atoms with E-state index in [1.54, 1.807) is 26.8 Å². The van der Waals surface area contributed by atoms with Gasteiger partial charge in [0.05, 0.1) is 6.04 Å². The molecule has 0 heterocycles. The van der Waals surface area contributed by atoms with Crippen LogP contribution in [0.15, 0.2) is 48.5 Å². The quantitative estimate of drug-likeness (QED) is 0.535. The van der Waals surface area contributed by atoms with Crippen LogP contribution in [-0.2, 0) is 16.6 Å². The molecular formula is C27H32N2O3S. The number of hydrogen-bond donors (Lipinski definition) is 1. The zero-order valence-electron chi connectivity index (χ0n) is 20.2. The van der Waals surface area contributed by atoms with E-state index in [0.29, 0.717) is 18.4 Å². The van der Waals surface area contributed by atoms with E-state index in [2.05, 4.69) is 31.5 Å². The number of hydrogen-bond acceptors (Lipinski definition) is 5. The van der Waals surface area contributed by atoms with Crippen molar-refractivity contribution in [3.8, 4) is 5.40 Å². The lowest BCUT2D eigenvalue weighted by Crippen LogP contribution is -2.52. The van der Waals surface area contributed by atoms with Crippen molar-refractivity contribution in [1.29, 1.82) is 5.26 Å². The number of carbonyl (C=O) groups excluding carboxylic acids is 2. The molecule has 33 heavy (non-hydrogen) atoms. The van der Waals surface area contributed by atoms with Crippen LogP contribution < -0.4 is 5.32 Å². The number of thioether (sulfide) groups is 1. The minimum atomic E-state index is -1.16. The number of nitrogens with one attached hydrogen (secondary N) is 1. The molecule has 6 heteroatoms. The molecule has 2 aromatic rings. The fourth-order valence-electron chi connectivity index (χ4n) is 4.20. The summed E-state index contributed by atoms with van der Waals surface area (Å²) < 4.78 is 4.37. The fourth-order valence-corrected chi connectivity index (χ4v) is 5.09. The third-order valence-electron chi connectivity index (χ3n) is 5.88. The minimum Gasteiger partial charge on any atom is -0.444 e. The molecule has 0 unspecified atom stereocenters. The summed E-state index contributed by atoms with van der Waals surface area (Å²) in [6.07, 6.45) is 0.461. The molecule has 1 aliphatic carbocycles. The summed E-state index contributed by atoms with van der Waals surface area (Å²) >= 11 is 0.930. The monoisotopic (exact) mass is 464 g/mol. The van der Waals surface area contributed by atoms with Gasteiger partial charge in [-0.15, -0.1) is 0 Å². The Balaban J connectivity index is 2.11. The zero-order chi connectivity index (χ0) is 24.4. The van der Waals surface area contributed by atoms with Gasteiger partial charge in [-0.05, 0) is 67.5 Å². The number of benzene rings is 2. The van der Waals surface area contributed by atoms with Gasteiger partial charge in [-0.25, -0.2) is 4.79 Å². The maximum Gasteiger partial charge on any atom is 0.408 e. The van der Waals surface area contributed by atoms with Gasteiger partial charge < -0.3 is 10.1 Å². The van der Waals surface area contributed by atoms with Crippen LogP contribution >= 0.6 is 11.8 Å². The number of amides is 1. The SMILES string of the molecule is CC(C)(C)OC(=O)N[C@@H](c1ccc(C(C)(C)C)cc1)[C@@]1(SC#N)CCc2ccccc2C1=O. The first-order valence-electron chi connectivity index (χ1n) is 11.2. The van der Waals surface area contributed by atoms with E-state index < -0.39 is 22.5 Å². The largest absolute Gasteiger partial charge is 0.444 e. The van der Waals surface area contributed by atoms with E-state index in [1.165, 1.54) is 0 Å². The summed E-state index contributed by atoms with van der Waals surface area (Å²) in [5.41, 5.74) is 2.76. The molecule has 1 aliphatic rings. The number of carbonyl (C=O) groups is 2. The Morgan fingerprint density at radius 2 is 1.73 bits per heavy atom. The highest BCUT2D eigenvalue weighted by Crippen LogP contribution is 2.47. The van der Waals surface area contributed by atoms with Gasteiger partial charge in [0, 0.05) is 5.56 Å². The number of ketones is 1. The summed E-state index contributed by atoms with van der Waals surface area (Å²) in [5, 5.41) is 14.8. The van der Waals surface area contributed by atoms with Crippen molar-refractivity contribution in [2.45, 2.75) is 76.2 Å². The van der Waals surface area contributed by atoms with Crippen LogP contribution in [0.4, 0.5) is 4.79 Å². The molecule has 5 nitrogen and oxygen atoms in total. The number of aryl methyl sites for hydroxylation is 1. The standard InChI is InChI=1S/C27H32N2O3S/c1-25(2,3)20-13-11-19(12-14-20)22(29-24(31)32-26(4,5)6)27(33-17-28)16-15-18-9-7-8-10-21(18)23(27)30/h7-14,22H,15-16H2,1-6H3,(H,29,31)/t22-,27-/m0/s1. The predicted molar refractivity (Wildman–Crippen MR) is 132 cm³/mol. The van der Waals surface area contributed by atoms with Crippen molar-refractivity contribution in [1.82, 2.24) is 5.32 Å². The first-order valence-corrected chi connectivity index (χ1v) is 12.0. The summed E-state index contributed by atoms with van der Waals surface area (Å²) in [5.74, 6) is -0.142. The van der Waals surface area contributed by atoms with Gasteiger partial charge in [0.25, 0.3) is 0 Å². The van der Waals surface area contributed by atoms with Crippen LogP contribution in [0, 0.1) is 10.7 Å². The second kappa shape index (κ2) is 9.23. The van der Waals surface area contributed by atoms with E-state index in [1.807, 2.05) is 42.5 Å². The van der Waals surface area contributed by atoms with E-state index in [9.17, 15) is 14.9 Å². The Bertz CT molecular complexity index is 1070. The summed E-state index contributed by atoms with van der Waals surface area (Å²) in [6, 6.07) is 14.7. The van der Waals surface area contributed by atoms with Crippen molar-refractivity contribution in [3.63, 3.8) is 0 Å². The highest BCUT2D eigenvalue weighted by atomic mass is 32.2. The second-order valence-corrected chi connectivity index (χ2v) is 11.6. The molecule has 174 valence electrons. The zero-order valence-corrected chi connectivity index (χ0v) is 21.0. The number of fused-ring (bicyclic) bond motifs is 1. The molecule has 0 bridgehead atoms. The molecule has 0 saturated heterocycles. The molecule has 1 amide bonds. The van der Waals surface area contributed by atoms with Gasteiger partial charge >= 0.3 is 6.09 Å². The summed E-state index contributed by atoms with van der Waals surface area (Å²) in [6.45, 7) is 11.8. The van der Waals surface area contributed by atoms with Crippen molar-refractivity contribution in [2.75, 3.05) is 0 Å². The molecule has 0 spiro atoms. The lowest BCUT2D eigenvalue weighted by atomic mass is 9.75. The van der Waals surface area contributed by atoms with E-state index >= 15 is 0 Å². The predicted octanol–water partition coefficient (Wildman–Crippen LogP) is 6.33. The number of nitriles is 1. The molecule has 2 aromatic carbocycles. The highest BCUT2D eigenvalue weighted by Gasteiger charge is 2.51. The first kappa shape index (κ1) is 24.9. The average Bonchev–Trinajstić information content (AvgIpc) is 2.73. The van der Waals surface area contributed by atoms with E-state index in [4.69, 9.17) is 4.74 Å². The van der Waals surface area contributed by atoms with Crippen LogP contribution in [0.5, 0.6) is 0 Å². The number of rotatable bonds is 4. The Hall–Kier alpha value is -2.78. The van der Waals surface area contributed by atoms with Crippen LogP contribution in [0.25, 0.3) is 0 Å². The number of alkyl carbamates (subject to hydrolysis) is 1. The first-order chi connectivity index (χ1) is 15.4. The third-order valence-corrected chi connectivity index (χ3v) is 6.96. The van der Waals surface area contributed by atoms with Crippen molar-refractivity contribution in [3.05, 3.63) is 70.8 Å². The number of ether oxygens (including phenoxy) is 1. The molecular weight excluding hydrogens is 432 g/mol. The highest BCUT2D eigenvalue weighted by molar-refractivity contribution is 8.05. The van der Waals surface area contributed by atoms with Gasteiger partial charge in [0.2, 0.25) is 0 Å². The fraction of sp³-hybridized carbons (Fsp3) is 0.444. The molecule has 2 atom stereocenters. The molecule has 3 rings (SSSR count). The lowest BCUT2D eigenvalue weighted by molar-refractivity contribution is 0.0487. The minimum absolute atomic E-state index is 0.0364. The number of thiocyanates is 1. The van der Waals surface area contributed by atoms with Crippen LogP contribution in [0.2, 0.25) is 0 Å². The van der Waals surface area contributed by atoms with E-state index in [-0.39, 0.29) is 11.2 Å². The van der Waals surface area contributed by atoms with Crippen LogP contribution in [0.1, 0.15) is 81.1 Å². The number of Topliss-reactive ketones (excluding diaryl/α,β-unsaturated/α-hetero) is 1.